The van der Waals surface area contributed by atoms with Crippen molar-refractivity contribution in [3.63, 3.8) is 0 Å². The highest BCUT2D eigenvalue weighted by molar-refractivity contribution is 7.89. The topological polar surface area (TPSA) is 106 Å². The van der Waals surface area contributed by atoms with Crippen LogP contribution in [0.4, 0.5) is 4.39 Å². The SMILES string of the molecule is CN(C)S(=O)(=O)c1ccc2nnn(OCC(=O)NCc3ccc(F)cc3)c2c1. The van der Waals surface area contributed by atoms with Gasteiger partial charge in [-0.2, -0.15) is 0 Å². The molecule has 11 heteroatoms. The first-order chi connectivity index (χ1) is 13.3. The third-order valence-corrected chi connectivity index (χ3v) is 5.70. The quantitative estimate of drug-likeness (QED) is 0.614. The molecule has 28 heavy (non-hydrogen) atoms. The third kappa shape index (κ3) is 4.26. The number of halogens is 1. The first kappa shape index (κ1) is 19.7. The molecule has 0 saturated carbocycles. The van der Waals surface area contributed by atoms with E-state index in [9.17, 15) is 17.6 Å². The molecule has 1 heterocycles. The van der Waals surface area contributed by atoms with Crippen LogP contribution in [0.3, 0.4) is 0 Å². The van der Waals surface area contributed by atoms with Gasteiger partial charge >= 0.3 is 0 Å². The summed E-state index contributed by atoms with van der Waals surface area (Å²) >= 11 is 0. The highest BCUT2D eigenvalue weighted by Gasteiger charge is 2.19. The summed E-state index contributed by atoms with van der Waals surface area (Å²) in [5, 5.41) is 10.3. The second-order valence-electron chi connectivity index (χ2n) is 6.08. The predicted molar refractivity (Wildman–Crippen MR) is 98.1 cm³/mol. The van der Waals surface area contributed by atoms with E-state index in [0.29, 0.717) is 11.0 Å². The zero-order valence-corrected chi connectivity index (χ0v) is 16.0. The molecule has 9 nitrogen and oxygen atoms in total. The van der Waals surface area contributed by atoms with Crippen molar-refractivity contribution in [1.29, 1.82) is 0 Å². The molecule has 0 aliphatic heterocycles. The van der Waals surface area contributed by atoms with Crippen molar-refractivity contribution in [1.82, 2.24) is 24.8 Å². The van der Waals surface area contributed by atoms with Crippen LogP contribution >= 0.6 is 0 Å². The number of rotatable bonds is 7. The van der Waals surface area contributed by atoms with Crippen LogP contribution in [0.25, 0.3) is 11.0 Å². The van der Waals surface area contributed by atoms with Crippen LogP contribution < -0.4 is 10.2 Å². The molecule has 2 aromatic carbocycles. The van der Waals surface area contributed by atoms with E-state index in [0.717, 1.165) is 14.7 Å². The number of carbonyl (C=O) groups is 1. The van der Waals surface area contributed by atoms with Gasteiger partial charge in [0.2, 0.25) is 10.0 Å². The largest absolute Gasteiger partial charge is 0.385 e. The van der Waals surface area contributed by atoms with Crippen molar-refractivity contribution in [2.75, 3.05) is 20.7 Å². The summed E-state index contributed by atoms with van der Waals surface area (Å²) in [4.78, 5) is 18.3. The maximum absolute atomic E-state index is 12.9. The van der Waals surface area contributed by atoms with Crippen LogP contribution in [0.1, 0.15) is 5.56 Å². The number of amides is 1. The second-order valence-corrected chi connectivity index (χ2v) is 8.23. The molecule has 0 spiro atoms. The average Bonchev–Trinajstić information content (AvgIpc) is 3.08. The molecular formula is C17H18FN5O4S. The van der Waals surface area contributed by atoms with Gasteiger partial charge in [-0.3, -0.25) is 4.79 Å². The van der Waals surface area contributed by atoms with E-state index in [2.05, 4.69) is 15.6 Å². The van der Waals surface area contributed by atoms with E-state index in [1.807, 2.05) is 0 Å². The Morgan fingerprint density at radius 3 is 2.61 bits per heavy atom. The standard InChI is InChI=1S/C17H18FN5O4S/c1-22(2)28(25,26)14-7-8-15-16(9-14)23(21-20-15)27-11-17(24)19-10-12-3-5-13(18)6-4-12/h3-9H,10-11H2,1-2H3,(H,19,24). The average molecular weight is 407 g/mol. The van der Waals surface area contributed by atoms with Crippen LogP contribution in [-0.4, -0.2) is 54.5 Å². The molecular weight excluding hydrogens is 389 g/mol. The maximum Gasteiger partial charge on any atom is 0.261 e. The summed E-state index contributed by atoms with van der Waals surface area (Å²) in [6.45, 7) is -0.143. The van der Waals surface area contributed by atoms with Crippen LogP contribution in [0, 0.1) is 5.82 Å². The van der Waals surface area contributed by atoms with Gasteiger partial charge in [-0.15, -0.1) is 5.10 Å². The minimum absolute atomic E-state index is 0.0536. The van der Waals surface area contributed by atoms with E-state index >= 15 is 0 Å². The summed E-state index contributed by atoms with van der Waals surface area (Å²) < 4.78 is 38.5. The number of nitrogens with one attached hydrogen (secondary N) is 1. The van der Waals surface area contributed by atoms with Crippen LogP contribution in [0.2, 0.25) is 0 Å². The first-order valence-electron chi connectivity index (χ1n) is 8.20. The number of hydrogen-bond acceptors (Lipinski definition) is 6. The molecule has 1 amide bonds. The molecule has 0 aliphatic rings. The molecule has 1 aromatic heterocycles. The number of nitrogens with zero attached hydrogens (tertiary/aromatic N) is 4. The van der Waals surface area contributed by atoms with Gasteiger partial charge in [-0.05, 0) is 41.1 Å². The monoisotopic (exact) mass is 407 g/mol. The lowest BCUT2D eigenvalue weighted by Crippen LogP contribution is -2.31. The van der Waals surface area contributed by atoms with Crippen molar-refractivity contribution < 1.29 is 22.4 Å². The molecule has 0 saturated heterocycles. The first-order valence-corrected chi connectivity index (χ1v) is 9.64. The van der Waals surface area contributed by atoms with Gasteiger partial charge in [0.1, 0.15) is 16.9 Å². The summed E-state index contributed by atoms with van der Waals surface area (Å²) in [5.41, 5.74) is 1.47. The normalized spacial score (nSPS) is 11.7. The Bertz CT molecular complexity index is 1100. The van der Waals surface area contributed by atoms with Crippen LogP contribution in [-0.2, 0) is 21.4 Å². The van der Waals surface area contributed by atoms with Gasteiger partial charge in [0.05, 0.1) is 4.90 Å². The van der Waals surface area contributed by atoms with Crippen molar-refractivity contribution in [3.05, 3.63) is 53.8 Å². The Hall–Kier alpha value is -3.05. The van der Waals surface area contributed by atoms with Gasteiger partial charge in [-0.25, -0.2) is 17.1 Å². The van der Waals surface area contributed by atoms with E-state index in [1.165, 1.54) is 44.4 Å². The molecule has 3 rings (SSSR count). The molecule has 3 aromatic rings. The summed E-state index contributed by atoms with van der Waals surface area (Å²) in [6.07, 6.45) is 0. The Balaban J connectivity index is 1.67. The van der Waals surface area contributed by atoms with Gasteiger partial charge in [0.25, 0.3) is 5.91 Å². The Morgan fingerprint density at radius 1 is 1.21 bits per heavy atom. The molecule has 148 valence electrons. The Labute approximate surface area is 160 Å². The summed E-state index contributed by atoms with van der Waals surface area (Å²) in [6, 6.07) is 10.0. The molecule has 0 aliphatic carbocycles. The molecule has 0 radical (unpaired) electrons. The summed E-state index contributed by atoms with van der Waals surface area (Å²) in [7, 11) is -0.778. The lowest BCUT2D eigenvalue weighted by atomic mass is 10.2. The fourth-order valence-electron chi connectivity index (χ4n) is 2.32. The minimum atomic E-state index is -3.63. The Morgan fingerprint density at radius 2 is 1.93 bits per heavy atom. The molecule has 0 bridgehead atoms. The second kappa shape index (κ2) is 7.90. The fourth-order valence-corrected chi connectivity index (χ4v) is 3.24. The van der Waals surface area contributed by atoms with E-state index < -0.39 is 15.9 Å². The minimum Gasteiger partial charge on any atom is -0.385 e. The van der Waals surface area contributed by atoms with Gasteiger partial charge in [0, 0.05) is 20.6 Å². The van der Waals surface area contributed by atoms with Crippen LogP contribution in [0.15, 0.2) is 47.4 Å². The van der Waals surface area contributed by atoms with Crippen molar-refractivity contribution in [3.8, 4) is 0 Å². The lowest BCUT2D eigenvalue weighted by Gasteiger charge is -2.11. The number of fused-ring (bicyclic) bond motifs is 1. The third-order valence-electron chi connectivity index (χ3n) is 3.89. The fraction of sp³-hybridized carbons (Fsp3) is 0.235. The van der Waals surface area contributed by atoms with E-state index in [4.69, 9.17) is 4.84 Å². The molecule has 0 atom stereocenters. The smallest absolute Gasteiger partial charge is 0.261 e. The molecule has 0 unspecified atom stereocenters. The number of hydrogen-bond donors (Lipinski definition) is 1. The Kier molecular flexibility index (Phi) is 5.56. The number of carbonyl (C=O) groups excluding carboxylic acids is 1. The van der Waals surface area contributed by atoms with Crippen molar-refractivity contribution >= 4 is 27.0 Å². The zero-order chi connectivity index (χ0) is 20.3. The van der Waals surface area contributed by atoms with Crippen molar-refractivity contribution in [2.24, 2.45) is 0 Å². The number of sulfonamides is 1. The number of benzene rings is 2. The van der Waals surface area contributed by atoms with Gasteiger partial charge in [-0.1, -0.05) is 17.0 Å². The predicted octanol–water partition coefficient (Wildman–Crippen LogP) is 0.566. The van der Waals surface area contributed by atoms with Gasteiger partial charge in [0.15, 0.2) is 6.61 Å². The van der Waals surface area contributed by atoms with E-state index in [-0.39, 0.29) is 23.9 Å². The van der Waals surface area contributed by atoms with Crippen molar-refractivity contribution in [2.45, 2.75) is 11.4 Å². The molecule has 1 N–H and O–H groups in total. The van der Waals surface area contributed by atoms with Crippen LogP contribution in [0.5, 0.6) is 0 Å². The zero-order valence-electron chi connectivity index (χ0n) is 15.2. The maximum atomic E-state index is 12.9. The summed E-state index contributed by atoms with van der Waals surface area (Å²) in [5.74, 6) is -0.780. The van der Waals surface area contributed by atoms with E-state index in [1.54, 1.807) is 12.1 Å². The van der Waals surface area contributed by atoms with Gasteiger partial charge < -0.3 is 10.2 Å². The lowest BCUT2D eigenvalue weighted by molar-refractivity contribution is -0.126. The number of aromatic nitrogens is 3. The molecule has 0 fully saturated rings. The highest BCUT2D eigenvalue weighted by Crippen LogP contribution is 2.18. The highest BCUT2D eigenvalue weighted by atomic mass is 32.2.